The van der Waals surface area contributed by atoms with E-state index in [4.69, 9.17) is 25.1 Å². The van der Waals surface area contributed by atoms with Gasteiger partial charge >= 0.3 is 7.60 Å². The van der Waals surface area contributed by atoms with Gasteiger partial charge in [-0.05, 0) is 39.8 Å². The average Bonchev–Trinajstić information content (AvgIpc) is 2.84. The van der Waals surface area contributed by atoms with E-state index in [1.807, 2.05) is 12.1 Å². The Morgan fingerprint density at radius 1 is 1.13 bits per heavy atom. The Hall–Kier alpha value is -1.20. The second-order valence-electron chi connectivity index (χ2n) is 5.56. The molecule has 6 nitrogen and oxygen atoms in total. The van der Waals surface area contributed by atoms with E-state index < -0.39 is 7.60 Å². The Morgan fingerprint density at radius 3 is 2.30 bits per heavy atom. The van der Waals surface area contributed by atoms with Crippen LogP contribution >= 0.6 is 19.2 Å². The van der Waals surface area contributed by atoms with Crippen molar-refractivity contribution in [2.45, 2.75) is 46.1 Å². The van der Waals surface area contributed by atoms with Gasteiger partial charge in [-0.3, -0.25) is 4.57 Å². The van der Waals surface area contributed by atoms with Gasteiger partial charge in [0.1, 0.15) is 6.16 Å². The van der Waals surface area contributed by atoms with Crippen molar-refractivity contribution in [3.63, 3.8) is 0 Å². The van der Waals surface area contributed by atoms with E-state index >= 15 is 0 Å². The molecule has 0 amide bonds. The van der Waals surface area contributed by atoms with Crippen molar-refractivity contribution in [1.82, 2.24) is 10.2 Å². The smallest absolute Gasteiger partial charge is 0.340 e. The summed E-state index contributed by atoms with van der Waals surface area (Å²) in [5.74, 6) is 0.454. The maximum Gasteiger partial charge on any atom is 0.340 e. The molecule has 126 valence electrons. The minimum absolute atomic E-state index is 0.0825. The molecule has 8 heteroatoms. The molecule has 0 aliphatic heterocycles. The lowest BCUT2D eigenvalue weighted by atomic mass is 10.2. The summed E-state index contributed by atoms with van der Waals surface area (Å²) < 4.78 is 29.3. The van der Waals surface area contributed by atoms with Gasteiger partial charge in [-0.1, -0.05) is 23.7 Å². The third-order valence-electron chi connectivity index (χ3n) is 2.64. The Labute approximate surface area is 140 Å². The lowest BCUT2D eigenvalue weighted by Gasteiger charge is -2.21. The largest absolute Gasteiger partial charge is 0.420 e. The Kier molecular flexibility index (Phi) is 5.98. The molecule has 0 saturated carbocycles. The molecule has 2 aromatic rings. The van der Waals surface area contributed by atoms with Gasteiger partial charge in [-0.25, -0.2) is 0 Å². The summed E-state index contributed by atoms with van der Waals surface area (Å²) in [5, 5.41) is 8.38. The van der Waals surface area contributed by atoms with Gasteiger partial charge in [0.25, 0.3) is 0 Å². The highest BCUT2D eigenvalue weighted by Gasteiger charge is 2.31. The zero-order chi connectivity index (χ0) is 17.0. The molecule has 0 unspecified atom stereocenters. The fourth-order valence-electron chi connectivity index (χ4n) is 1.97. The van der Waals surface area contributed by atoms with Crippen LogP contribution in [0.1, 0.15) is 33.6 Å². The van der Waals surface area contributed by atoms with Gasteiger partial charge in [-0.2, -0.15) is 0 Å². The first kappa shape index (κ1) is 18.1. The van der Waals surface area contributed by atoms with Crippen LogP contribution in [-0.4, -0.2) is 22.4 Å². The molecule has 0 bridgehead atoms. The van der Waals surface area contributed by atoms with E-state index in [9.17, 15) is 4.57 Å². The summed E-state index contributed by atoms with van der Waals surface area (Å²) in [6, 6.07) is 7.13. The summed E-state index contributed by atoms with van der Waals surface area (Å²) >= 11 is 6.11. The fourth-order valence-corrected chi connectivity index (χ4v) is 4.13. The second kappa shape index (κ2) is 7.58. The van der Waals surface area contributed by atoms with Crippen molar-refractivity contribution < 1.29 is 18.0 Å². The Morgan fingerprint density at radius 2 is 1.74 bits per heavy atom. The van der Waals surface area contributed by atoms with Crippen LogP contribution in [0.4, 0.5) is 0 Å². The van der Waals surface area contributed by atoms with Crippen LogP contribution in [-0.2, 0) is 19.8 Å². The highest BCUT2D eigenvalue weighted by Crippen LogP contribution is 2.53. The van der Waals surface area contributed by atoms with Gasteiger partial charge in [-0.15, -0.1) is 10.2 Å². The summed E-state index contributed by atoms with van der Waals surface area (Å²) in [5.41, 5.74) is 0.623. The normalized spacial score (nSPS) is 12.3. The van der Waals surface area contributed by atoms with Crippen molar-refractivity contribution in [1.29, 1.82) is 0 Å². The van der Waals surface area contributed by atoms with Crippen molar-refractivity contribution >= 4 is 19.2 Å². The summed E-state index contributed by atoms with van der Waals surface area (Å²) in [6.45, 7) is 7.16. The average molecular weight is 359 g/mol. The lowest BCUT2D eigenvalue weighted by molar-refractivity contribution is 0.140. The predicted octanol–water partition coefficient (Wildman–Crippen LogP) is 4.93. The van der Waals surface area contributed by atoms with Gasteiger partial charge in [0.05, 0.1) is 22.8 Å². The molecule has 23 heavy (non-hydrogen) atoms. The zero-order valence-corrected chi connectivity index (χ0v) is 15.2. The molecule has 0 radical (unpaired) electrons. The molecular formula is C15H20ClN2O4P. The molecule has 0 spiro atoms. The molecule has 0 aliphatic carbocycles. The van der Waals surface area contributed by atoms with E-state index in [-0.39, 0.29) is 30.2 Å². The number of benzene rings is 1. The van der Waals surface area contributed by atoms with Gasteiger partial charge in [0.15, 0.2) is 0 Å². The lowest BCUT2D eigenvalue weighted by Crippen LogP contribution is -2.09. The molecule has 2 rings (SSSR count). The van der Waals surface area contributed by atoms with E-state index in [0.717, 1.165) is 0 Å². The standard InChI is InChI=1S/C15H20ClN2O4P/c1-10(2)21-23(19,22-11(3)4)9-14-17-18-15(20-14)12-7-5-6-8-13(12)16/h5-8,10-11H,9H2,1-4H3. The first-order chi connectivity index (χ1) is 10.8. The second-order valence-corrected chi connectivity index (χ2v) is 7.93. The molecule has 0 saturated heterocycles. The number of hydrogen-bond acceptors (Lipinski definition) is 6. The van der Waals surface area contributed by atoms with Crippen molar-refractivity contribution in [3.05, 3.63) is 35.2 Å². The van der Waals surface area contributed by atoms with Crippen LogP contribution in [0.5, 0.6) is 0 Å². The van der Waals surface area contributed by atoms with Crippen LogP contribution < -0.4 is 0 Å². The number of hydrogen-bond donors (Lipinski definition) is 0. The summed E-state index contributed by atoms with van der Waals surface area (Å²) in [7, 11) is -3.37. The third kappa shape index (κ3) is 5.15. The highest BCUT2D eigenvalue weighted by atomic mass is 35.5. The summed E-state index contributed by atoms with van der Waals surface area (Å²) in [6.07, 6.45) is -0.572. The zero-order valence-electron chi connectivity index (χ0n) is 13.5. The minimum atomic E-state index is -3.37. The van der Waals surface area contributed by atoms with Crippen LogP contribution in [0.25, 0.3) is 11.5 Å². The van der Waals surface area contributed by atoms with E-state index in [2.05, 4.69) is 10.2 Å². The predicted molar refractivity (Wildman–Crippen MR) is 88.5 cm³/mol. The molecule has 1 heterocycles. The number of aromatic nitrogens is 2. The van der Waals surface area contributed by atoms with E-state index in [1.165, 1.54) is 0 Å². The molecule has 0 atom stereocenters. The SMILES string of the molecule is CC(C)OP(=O)(Cc1nnc(-c2ccccc2Cl)o1)OC(C)C. The number of nitrogens with zero attached hydrogens (tertiary/aromatic N) is 2. The van der Waals surface area contributed by atoms with E-state index in [0.29, 0.717) is 10.6 Å². The summed E-state index contributed by atoms with van der Waals surface area (Å²) in [4.78, 5) is 0. The van der Waals surface area contributed by atoms with Gasteiger partial charge < -0.3 is 13.5 Å². The minimum Gasteiger partial charge on any atom is -0.420 e. The maximum absolute atomic E-state index is 12.8. The third-order valence-corrected chi connectivity index (χ3v) is 5.12. The molecule has 1 aromatic heterocycles. The van der Waals surface area contributed by atoms with Crippen LogP contribution in [0, 0.1) is 0 Å². The van der Waals surface area contributed by atoms with Crippen LogP contribution in [0.2, 0.25) is 5.02 Å². The number of halogens is 1. The van der Waals surface area contributed by atoms with Crippen molar-refractivity contribution in [2.75, 3.05) is 0 Å². The monoisotopic (exact) mass is 358 g/mol. The maximum atomic E-state index is 12.8. The molecular weight excluding hydrogens is 339 g/mol. The number of rotatable bonds is 7. The quantitative estimate of drug-likeness (QED) is 0.653. The van der Waals surface area contributed by atoms with E-state index in [1.54, 1.807) is 39.8 Å². The highest BCUT2D eigenvalue weighted by molar-refractivity contribution is 7.53. The molecule has 0 N–H and O–H groups in total. The molecule has 0 fully saturated rings. The van der Waals surface area contributed by atoms with Crippen LogP contribution in [0.15, 0.2) is 28.7 Å². The first-order valence-electron chi connectivity index (χ1n) is 7.32. The molecule has 1 aromatic carbocycles. The van der Waals surface area contributed by atoms with Crippen LogP contribution in [0.3, 0.4) is 0 Å². The molecule has 0 aliphatic rings. The Balaban J connectivity index is 2.22. The Bertz CT molecular complexity index is 688. The topological polar surface area (TPSA) is 74.5 Å². The van der Waals surface area contributed by atoms with Gasteiger partial charge in [0.2, 0.25) is 11.8 Å². The van der Waals surface area contributed by atoms with Gasteiger partial charge in [0, 0.05) is 0 Å². The first-order valence-corrected chi connectivity index (χ1v) is 9.43. The fraction of sp³-hybridized carbons (Fsp3) is 0.467. The van der Waals surface area contributed by atoms with Crippen molar-refractivity contribution in [3.8, 4) is 11.5 Å². The van der Waals surface area contributed by atoms with Crippen molar-refractivity contribution in [2.24, 2.45) is 0 Å².